The number of aromatic nitrogens is 3. The lowest BCUT2D eigenvalue weighted by Gasteiger charge is -2.10. The fraction of sp³-hybridized carbons (Fsp3) is 0.304. The van der Waals surface area contributed by atoms with Crippen LogP contribution in [0.15, 0.2) is 40.9 Å². The monoisotopic (exact) mass is 375 g/mol. The van der Waals surface area contributed by atoms with Crippen molar-refractivity contribution in [2.45, 2.75) is 47.3 Å². The Kier molecular flexibility index (Phi) is 4.77. The van der Waals surface area contributed by atoms with Crippen LogP contribution < -0.4 is 0 Å². The van der Waals surface area contributed by atoms with E-state index in [9.17, 15) is 0 Å². The standard InChI is InChI=1S/C23H25N3O2/c1-13(2)27-12-17-6-8-18(9-7-17)23-19-10-14(3)24-20(19)11-21(25-23)22-15(4)26-28-16(22)5/h6-11,13,24H,12H2,1-5H3. The Morgan fingerprint density at radius 3 is 2.46 bits per heavy atom. The molecule has 0 aliphatic carbocycles. The predicted molar refractivity (Wildman–Crippen MR) is 111 cm³/mol. The number of aromatic amines is 1. The second-order valence-corrected chi connectivity index (χ2v) is 7.53. The first-order valence-corrected chi connectivity index (χ1v) is 9.57. The van der Waals surface area contributed by atoms with E-state index in [2.05, 4.69) is 53.5 Å². The topological polar surface area (TPSA) is 63.9 Å². The molecule has 0 aliphatic heterocycles. The number of rotatable bonds is 5. The number of aryl methyl sites for hydroxylation is 3. The molecule has 144 valence electrons. The van der Waals surface area contributed by atoms with Crippen LogP contribution in [0.1, 0.15) is 36.6 Å². The van der Waals surface area contributed by atoms with Crippen LogP contribution in [0.2, 0.25) is 0 Å². The lowest BCUT2D eigenvalue weighted by Crippen LogP contribution is -2.02. The van der Waals surface area contributed by atoms with E-state index in [0.717, 1.165) is 56.1 Å². The molecule has 1 aromatic carbocycles. The molecule has 28 heavy (non-hydrogen) atoms. The molecular weight excluding hydrogens is 350 g/mol. The fourth-order valence-electron chi connectivity index (χ4n) is 3.49. The first-order chi connectivity index (χ1) is 13.4. The smallest absolute Gasteiger partial charge is 0.143 e. The van der Waals surface area contributed by atoms with Gasteiger partial charge in [-0.15, -0.1) is 0 Å². The molecule has 3 heterocycles. The normalized spacial score (nSPS) is 11.6. The van der Waals surface area contributed by atoms with Gasteiger partial charge in [-0.05, 0) is 52.3 Å². The van der Waals surface area contributed by atoms with Crippen LogP contribution in [-0.4, -0.2) is 21.2 Å². The third-order valence-corrected chi connectivity index (χ3v) is 4.85. The van der Waals surface area contributed by atoms with E-state index in [1.54, 1.807) is 0 Å². The molecule has 5 nitrogen and oxygen atoms in total. The summed E-state index contributed by atoms with van der Waals surface area (Å²) in [4.78, 5) is 8.44. The Bertz CT molecular complexity index is 1100. The molecule has 0 aliphatic rings. The molecule has 0 bridgehead atoms. The fourth-order valence-corrected chi connectivity index (χ4v) is 3.49. The molecule has 4 aromatic rings. The third-order valence-electron chi connectivity index (χ3n) is 4.85. The minimum Gasteiger partial charge on any atom is -0.374 e. The molecule has 5 heteroatoms. The lowest BCUT2D eigenvalue weighted by molar-refractivity contribution is 0.0657. The molecule has 4 rings (SSSR count). The van der Waals surface area contributed by atoms with Crippen molar-refractivity contribution in [2.75, 3.05) is 0 Å². The van der Waals surface area contributed by atoms with Crippen LogP contribution >= 0.6 is 0 Å². The maximum Gasteiger partial charge on any atom is 0.143 e. The predicted octanol–water partition coefficient (Wildman–Crippen LogP) is 5.74. The van der Waals surface area contributed by atoms with Gasteiger partial charge in [0.1, 0.15) is 5.76 Å². The summed E-state index contributed by atoms with van der Waals surface area (Å²) in [6.07, 6.45) is 0.218. The number of H-pyrrole nitrogens is 1. The number of nitrogens with zero attached hydrogens (tertiary/aromatic N) is 2. The lowest BCUT2D eigenvalue weighted by atomic mass is 10.0. The van der Waals surface area contributed by atoms with Gasteiger partial charge in [0.2, 0.25) is 0 Å². The van der Waals surface area contributed by atoms with Crippen molar-refractivity contribution >= 4 is 10.9 Å². The molecule has 0 unspecified atom stereocenters. The summed E-state index contributed by atoms with van der Waals surface area (Å²) in [7, 11) is 0. The van der Waals surface area contributed by atoms with Crippen molar-refractivity contribution in [1.29, 1.82) is 0 Å². The Morgan fingerprint density at radius 1 is 1.07 bits per heavy atom. The molecule has 3 aromatic heterocycles. The van der Waals surface area contributed by atoms with Crippen molar-refractivity contribution in [3.05, 3.63) is 59.1 Å². The van der Waals surface area contributed by atoms with Crippen LogP contribution in [-0.2, 0) is 11.3 Å². The van der Waals surface area contributed by atoms with Crippen molar-refractivity contribution < 1.29 is 9.26 Å². The molecule has 0 atom stereocenters. The molecule has 0 saturated heterocycles. The van der Waals surface area contributed by atoms with Gasteiger partial charge in [-0.1, -0.05) is 29.4 Å². The quantitative estimate of drug-likeness (QED) is 0.483. The molecule has 0 radical (unpaired) electrons. The summed E-state index contributed by atoms with van der Waals surface area (Å²) in [5.41, 5.74) is 8.02. The average molecular weight is 375 g/mol. The molecule has 1 N–H and O–H groups in total. The van der Waals surface area contributed by atoms with Crippen LogP contribution in [0.5, 0.6) is 0 Å². The Labute approximate surface area is 164 Å². The SMILES string of the molecule is Cc1cc2c(-c3ccc(COC(C)C)cc3)nc(-c3c(C)noc3C)cc2[nH]1. The second kappa shape index (κ2) is 7.24. The minimum atomic E-state index is 0.218. The summed E-state index contributed by atoms with van der Waals surface area (Å²) in [5.74, 6) is 0.778. The van der Waals surface area contributed by atoms with E-state index in [4.69, 9.17) is 14.2 Å². The second-order valence-electron chi connectivity index (χ2n) is 7.53. The highest BCUT2D eigenvalue weighted by Crippen LogP contribution is 2.34. The molecule has 0 fully saturated rings. The number of pyridine rings is 1. The summed E-state index contributed by atoms with van der Waals surface area (Å²) in [6.45, 7) is 10.6. The Hall–Kier alpha value is -2.92. The number of hydrogen-bond donors (Lipinski definition) is 1. The number of ether oxygens (including phenoxy) is 1. The zero-order chi connectivity index (χ0) is 19.8. The maximum atomic E-state index is 5.70. The number of fused-ring (bicyclic) bond motifs is 1. The highest BCUT2D eigenvalue weighted by Gasteiger charge is 2.17. The van der Waals surface area contributed by atoms with Crippen LogP contribution in [0.3, 0.4) is 0 Å². The van der Waals surface area contributed by atoms with E-state index in [-0.39, 0.29) is 6.10 Å². The highest BCUT2D eigenvalue weighted by atomic mass is 16.5. The van der Waals surface area contributed by atoms with Gasteiger partial charge >= 0.3 is 0 Å². The zero-order valence-electron chi connectivity index (χ0n) is 17.0. The van der Waals surface area contributed by atoms with Crippen molar-refractivity contribution in [3.8, 4) is 22.5 Å². The first kappa shape index (κ1) is 18.4. The van der Waals surface area contributed by atoms with E-state index in [0.29, 0.717) is 6.61 Å². The molecule has 0 spiro atoms. The van der Waals surface area contributed by atoms with E-state index in [1.165, 1.54) is 0 Å². The van der Waals surface area contributed by atoms with Crippen LogP contribution in [0, 0.1) is 20.8 Å². The van der Waals surface area contributed by atoms with E-state index in [1.807, 2.05) is 27.7 Å². The first-order valence-electron chi connectivity index (χ1n) is 9.57. The Morgan fingerprint density at radius 2 is 1.82 bits per heavy atom. The van der Waals surface area contributed by atoms with Crippen LogP contribution in [0.4, 0.5) is 0 Å². The molecular formula is C23H25N3O2. The van der Waals surface area contributed by atoms with Gasteiger partial charge in [0.25, 0.3) is 0 Å². The van der Waals surface area contributed by atoms with Gasteiger partial charge in [0.05, 0.1) is 35.4 Å². The van der Waals surface area contributed by atoms with E-state index >= 15 is 0 Å². The van der Waals surface area contributed by atoms with Gasteiger partial charge in [-0.25, -0.2) is 4.98 Å². The molecule has 0 saturated carbocycles. The number of nitrogens with one attached hydrogen (secondary N) is 1. The minimum absolute atomic E-state index is 0.218. The zero-order valence-corrected chi connectivity index (χ0v) is 17.0. The highest BCUT2D eigenvalue weighted by molar-refractivity contribution is 5.96. The van der Waals surface area contributed by atoms with Gasteiger partial charge in [-0.3, -0.25) is 0 Å². The van der Waals surface area contributed by atoms with Crippen molar-refractivity contribution in [2.24, 2.45) is 0 Å². The van der Waals surface area contributed by atoms with Gasteiger partial charge in [0.15, 0.2) is 0 Å². The van der Waals surface area contributed by atoms with Crippen molar-refractivity contribution in [3.63, 3.8) is 0 Å². The summed E-state index contributed by atoms with van der Waals surface area (Å²) < 4.78 is 11.1. The summed E-state index contributed by atoms with van der Waals surface area (Å²) >= 11 is 0. The summed E-state index contributed by atoms with van der Waals surface area (Å²) in [5, 5.41) is 5.20. The van der Waals surface area contributed by atoms with Gasteiger partial charge in [-0.2, -0.15) is 0 Å². The van der Waals surface area contributed by atoms with E-state index < -0.39 is 0 Å². The Balaban J connectivity index is 1.82. The maximum absolute atomic E-state index is 5.70. The number of benzene rings is 1. The van der Waals surface area contributed by atoms with Crippen LogP contribution in [0.25, 0.3) is 33.4 Å². The number of hydrogen-bond acceptors (Lipinski definition) is 4. The third kappa shape index (κ3) is 3.45. The largest absolute Gasteiger partial charge is 0.374 e. The summed E-state index contributed by atoms with van der Waals surface area (Å²) in [6, 6.07) is 12.6. The van der Waals surface area contributed by atoms with Gasteiger partial charge in [0, 0.05) is 22.2 Å². The van der Waals surface area contributed by atoms with Crippen molar-refractivity contribution in [1.82, 2.24) is 15.1 Å². The van der Waals surface area contributed by atoms with Gasteiger partial charge < -0.3 is 14.2 Å². The average Bonchev–Trinajstić information content (AvgIpc) is 3.20. The molecule has 0 amide bonds.